The molecule has 9 nitrogen and oxygen atoms in total. The molecule has 2 aromatic heterocycles. The SMILES string of the molecule is COc1ncc(C=CC(=O)Nc2cnn(CCCCC#N)c2)c(OC)n1. The van der Waals surface area contributed by atoms with Crippen molar-refractivity contribution in [1.29, 1.82) is 5.26 Å². The van der Waals surface area contributed by atoms with Crippen LogP contribution < -0.4 is 14.8 Å². The maximum atomic E-state index is 12.0. The number of methoxy groups -OCH3 is 2. The van der Waals surface area contributed by atoms with E-state index in [1.807, 2.05) is 0 Å². The van der Waals surface area contributed by atoms with Gasteiger partial charge in [-0.05, 0) is 18.9 Å². The average Bonchev–Trinajstić information content (AvgIpc) is 3.10. The number of ether oxygens (including phenoxy) is 2. The van der Waals surface area contributed by atoms with Crippen molar-refractivity contribution in [2.45, 2.75) is 25.8 Å². The van der Waals surface area contributed by atoms with Gasteiger partial charge >= 0.3 is 6.01 Å². The van der Waals surface area contributed by atoms with E-state index in [0.717, 1.165) is 12.8 Å². The molecule has 0 aliphatic heterocycles. The molecule has 1 amide bonds. The number of aryl methyl sites for hydroxylation is 1. The summed E-state index contributed by atoms with van der Waals surface area (Å²) >= 11 is 0. The van der Waals surface area contributed by atoms with E-state index in [1.54, 1.807) is 23.2 Å². The van der Waals surface area contributed by atoms with E-state index in [4.69, 9.17) is 14.7 Å². The topological polar surface area (TPSA) is 115 Å². The van der Waals surface area contributed by atoms with E-state index in [0.29, 0.717) is 30.1 Å². The number of carbonyl (C=O) groups is 1. The second-order valence-electron chi connectivity index (χ2n) is 5.25. The molecule has 2 aromatic rings. The van der Waals surface area contributed by atoms with Crippen LogP contribution in [0.1, 0.15) is 24.8 Å². The Kier molecular flexibility index (Phi) is 7.12. The van der Waals surface area contributed by atoms with Crippen molar-refractivity contribution in [1.82, 2.24) is 19.7 Å². The summed E-state index contributed by atoms with van der Waals surface area (Å²) in [6, 6.07) is 2.29. The molecule has 26 heavy (non-hydrogen) atoms. The minimum atomic E-state index is -0.313. The van der Waals surface area contributed by atoms with Gasteiger partial charge in [-0.15, -0.1) is 0 Å². The molecule has 0 radical (unpaired) electrons. The summed E-state index contributed by atoms with van der Waals surface area (Å²) in [5.41, 5.74) is 1.15. The first-order valence-corrected chi connectivity index (χ1v) is 7.99. The summed E-state index contributed by atoms with van der Waals surface area (Å²) < 4.78 is 11.8. The quantitative estimate of drug-likeness (QED) is 0.540. The minimum Gasteiger partial charge on any atom is -0.480 e. The highest BCUT2D eigenvalue weighted by Gasteiger charge is 2.07. The van der Waals surface area contributed by atoms with Gasteiger partial charge in [0, 0.05) is 31.4 Å². The van der Waals surface area contributed by atoms with Crippen LogP contribution in [-0.2, 0) is 11.3 Å². The lowest BCUT2D eigenvalue weighted by Gasteiger charge is -2.04. The van der Waals surface area contributed by atoms with Gasteiger partial charge in [0.25, 0.3) is 0 Å². The normalized spacial score (nSPS) is 10.5. The molecule has 9 heteroatoms. The van der Waals surface area contributed by atoms with Crippen LogP contribution in [0, 0.1) is 11.3 Å². The summed E-state index contributed by atoms with van der Waals surface area (Å²) in [5, 5.41) is 15.4. The summed E-state index contributed by atoms with van der Waals surface area (Å²) in [7, 11) is 2.94. The van der Waals surface area contributed by atoms with Crippen molar-refractivity contribution in [2.24, 2.45) is 0 Å². The zero-order chi connectivity index (χ0) is 18.8. The predicted octanol–water partition coefficient (Wildman–Crippen LogP) is 2.04. The van der Waals surface area contributed by atoms with Gasteiger partial charge in [0.05, 0.1) is 37.7 Å². The van der Waals surface area contributed by atoms with E-state index in [-0.39, 0.29) is 11.9 Å². The van der Waals surface area contributed by atoms with Gasteiger partial charge in [0.2, 0.25) is 11.8 Å². The van der Waals surface area contributed by atoms with E-state index in [9.17, 15) is 4.79 Å². The third kappa shape index (κ3) is 5.59. The van der Waals surface area contributed by atoms with Crippen molar-refractivity contribution in [3.05, 3.63) is 30.2 Å². The number of unbranched alkanes of at least 4 members (excludes halogenated alkanes) is 2. The Morgan fingerprint density at radius 3 is 2.92 bits per heavy atom. The lowest BCUT2D eigenvalue weighted by molar-refractivity contribution is -0.111. The third-order valence-corrected chi connectivity index (χ3v) is 3.37. The standard InChI is InChI=1S/C17H20N6O3/c1-25-16-13(10-19-17(22-16)26-2)6-7-15(24)21-14-11-20-23(12-14)9-5-3-4-8-18/h6-7,10-12H,3-5,9H2,1-2H3,(H,21,24). The monoisotopic (exact) mass is 356 g/mol. The van der Waals surface area contributed by atoms with E-state index < -0.39 is 0 Å². The molecular formula is C17H20N6O3. The highest BCUT2D eigenvalue weighted by atomic mass is 16.5. The fourth-order valence-corrected chi connectivity index (χ4v) is 2.11. The molecule has 0 saturated heterocycles. The number of amides is 1. The summed E-state index contributed by atoms with van der Waals surface area (Å²) in [5.74, 6) is -0.00186. The molecule has 2 heterocycles. The van der Waals surface area contributed by atoms with Crippen molar-refractivity contribution < 1.29 is 14.3 Å². The summed E-state index contributed by atoms with van der Waals surface area (Å²) in [6.07, 6.45) is 9.97. The summed E-state index contributed by atoms with van der Waals surface area (Å²) in [6.45, 7) is 0.702. The number of hydrogen-bond donors (Lipinski definition) is 1. The van der Waals surface area contributed by atoms with Crippen LogP contribution in [0.4, 0.5) is 5.69 Å². The number of anilines is 1. The Bertz CT molecular complexity index is 809. The van der Waals surface area contributed by atoms with Crippen LogP contribution in [-0.4, -0.2) is 39.9 Å². The second-order valence-corrected chi connectivity index (χ2v) is 5.25. The number of nitrogens with zero attached hydrogens (tertiary/aromatic N) is 5. The average molecular weight is 356 g/mol. The van der Waals surface area contributed by atoms with Gasteiger partial charge in [-0.25, -0.2) is 4.98 Å². The first kappa shape index (κ1) is 18.9. The third-order valence-electron chi connectivity index (χ3n) is 3.37. The number of carbonyl (C=O) groups excluding carboxylic acids is 1. The number of aromatic nitrogens is 4. The van der Waals surface area contributed by atoms with Crippen LogP contribution in [0.5, 0.6) is 11.9 Å². The number of nitrogens with one attached hydrogen (secondary N) is 1. The predicted molar refractivity (Wildman–Crippen MR) is 94.5 cm³/mol. The molecule has 0 bridgehead atoms. The van der Waals surface area contributed by atoms with Crippen LogP contribution in [0.15, 0.2) is 24.7 Å². The van der Waals surface area contributed by atoms with Gasteiger partial charge < -0.3 is 14.8 Å². The maximum Gasteiger partial charge on any atom is 0.319 e. The van der Waals surface area contributed by atoms with Gasteiger partial charge in [0.1, 0.15) is 0 Å². The van der Waals surface area contributed by atoms with E-state index in [1.165, 1.54) is 26.5 Å². The first-order valence-electron chi connectivity index (χ1n) is 7.99. The highest BCUT2D eigenvalue weighted by molar-refractivity contribution is 6.01. The van der Waals surface area contributed by atoms with E-state index in [2.05, 4.69) is 26.5 Å². The lowest BCUT2D eigenvalue weighted by atomic mass is 10.2. The molecule has 0 aliphatic carbocycles. The van der Waals surface area contributed by atoms with E-state index >= 15 is 0 Å². The number of rotatable bonds is 9. The Labute approximate surface area is 151 Å². The van der Waals surface area contributed by atoms with Gasteiger partial charge in [-0.3, -0.25) is 9.48 Å². The van der Waals surface area contributed by atoms with Gasteiger partial charge in [-0.1, -0.05) is 0 Å². The Balaban J connectivity index is 1.91. The Morgan fingerprint density at radius 2 is 2.19 bits per heavy atom. The molecule has 0 aromatic carbocycles. The zero-order valence-electron chi connectivity index (χ0n) is 14.7. The first-order chi connectivity index (χ1) is 12.7. The van der Waals surface area contributed by atoms with Crippen LogP contribution in [0.3, 0.4) is 0 Å². The maximum absolute atomic E-state index is 12.0. The van der Waals surface area contributed by atoms with Crippen molar-refractivity contribution in [3.63, 3.8) is 0 Å². The van der Waals surface area contributed by atoms with Crippen molar-refractivity contribution in [3.8, 4) is 18.0 Å². The molecule has 0 unspecified atom stereocenters. The van der Waals surface area contributed by atoms with Crippen LogP contribution in [0.25, 0.3) is 6.08 Å². The fourth-order valence-electron chi connectivity index (χ4n) is 2.11. The highest BCUT2D eigenvalue weighted by Crippen LogP contribution is 2.18. The largest absolute Gasteiger partial charge is 0.480 e. The fraction of sp³-hybridized carbons (Fsp3) is 0.353. The molecule has 1 N–H and O–H groups in total. The Morgan fingerprint density at radius 1 is 1.35 bits per heavy atom. The molecule has 0 aliphatic rings. The smallest absolute Gasteiger partial charge is 0.319 e. The van der Waals surface area contributed by atoms with Gasteiger partial charge in [0.15, 0.2) is 0 Å². The summed E-state index contributed by atoms with van der Waals surface area (Å²) in [4.78, 5) is 20.1. The van der Waals surface area contributed by atoms with Crippen LogP contribution in [0.2, 0.25) is 0 Å². The van der Waals surface area contributed by atoms with Crippen molar-refractivity contribution in [2.75, 3.05) is 19.5 Å². The lowest BCUT2D eigenvalue weighted by Crippen LogP contribution is -2.07. The van der Waals surface area contributed by atoms with Crippen LogP contribution >= 0.6 is 0 Å². The van der Waals surface area contributed by atoms with Gasteiger partial charge in [-0.2, -0.15) is 15.3 Å². The molecule has 0 saturated carbocycles. The molecule has 0 atom stereocenters. The molecular weight excluding hydrogens is 336 g/mol. The van der Waals surface area contributed by atoms with Crippen molar-refractivity contribution >= 4 is 17.7 Å². The molecule has 2 rings (SSSR count). The molecule has 0 spiro atoms. The molecule has 136 valence electrons. The number of nitriles is 1. The zero-order valence-corrected chi connectivity index (χ0v) is 14.7. The number of hydrogen-bond acceptors (Lipinski definition) is 7. The Hall–Kier alpha value is -3.41. The second kappa shape index (κ2) is 9.78. The molecule has 0 fully saturated rings. The minimum absolute atomic E-state index is 0.186.